The van der Waals surface area contributed by atoms with Crippen LogP contribution in [0.25, 0.3) is 11.2 Å². The van der Waals surface area contributed by atoms with E-state index in [1.807, 2.05) is 24.3 Å². The predicted octanol–water partition coefficient (Wildman–Crippen LogP) is 2.60. The fraction of sp³-hybridized carbons (Fsp3) is 0.235. The van der Waals surface area contributed by atoms with Crippen LogP contribution in [-0.2, 0) is 25.0 Å². The number of hydrogen-bond acceptors (Lipinski definition) is 9. The molecule has 0 bridgehead atoms. The van der Waals surface area contributed by atoms with Crippen molar-refractivity contribution in [1.82, 2.24) is 19.5 Å². The van der Waals surface area contributed by atoms with Gasteiger partial charge in [-0.15, -0.1) is 0 Å². The van der Waals surface area contributed by atoms with Gasteiger partial charge < -0.3 is 15.0 Å². The van der Waals surface area contributed by atoms with Gasteiger partial charge in [-0.1, -0.05) is 24.3 Å². The van der Waals surface area contributed by atoms with Gasteiger partial charge in [-0.25, -0.2) is 19.5 Å². The molecule has 1 unspecified atom stereocenters. The van der Waals surface area contributed by atoms with E-state index in [4.69, 9.17) is 24.0 Å². The van der Waals surface area contributed by atoms with E-state index in [1.54, 1.807) is 23.0 Å². The summed E-state index contributed by atoms with van der Waals surface area (Å²) in [5, 5.41) is 0. The molecule has 10 nitrogen and oxygen atoms in total. The Hall–Kier alpha value is -2.78. The highest BCUT2D eigenvalue weighted by molar-refractivity contribution is 7.49. The zero-order valence-electron chi connectivity index (χ0n) is 14.5. The average Bonchev–Trinajstić information content (AvgIpc) is 3.34. The standard InChI is InChI=1S/C17H16N5O5P/c18-16-15-17(20-9-19-16)22(10-21-15)14-6-5-12(26-14)8-25-28(23)24-7-11-3-1-2-4-13(11)27-28/h1-6,9-10,12,14H,7-8H2,(H2,18,19,20)/t12-,14+,28?/m0/s1. The van der Waals surface area contributed by atoms with Gasteiger partial charge in [0.15, 0.2) is 17.7 Å². The van der Waals surface area contributed by atoms with Crippen molar-refractivity contribution in [1.29, 1.82) is 0 Å². The molecule has 2 aromatic heterocycles. The number of phosphoric ester groups is 1. The van der Waals surface area contributed by atoms with E-state index < -0.39 is 20.2 Å². The number of hydrogen-bond donors (Lipinski definition) is 1. The summed E-state index contributed by atoms with van der Waals surface area (Å²) in [6, 6.07) is 7.23. The van der Waals surface area contributed by atoms with E-state index in [0.717, 1.165) is 5.56 Å². The highest BCUT2D eigenvalue weighted by Gasteiger charge is 2.35. The van der Waals surface area contributed by atoms with E-state index in [9.17, 15) is 4.57 Å². The number of rotatable bonds is 4. The van der Waals surface area contributed by atoms with Crippen LogP contribution in [0.15, 0.2) is 49.1 Å². The molecule has 3 atom stereocenters. The first kappa shape index (κ1) is 17.3. The van der Waals surface area contributed by atoms with Crippen LogP contribution in [0, 0.1) is 0 Å². The zero-order valence-corrected chi connectivity index (χ0v) is 15.4. The minimum atomic E-state index is -3.69. The minimum absolute atomic E-state index is 0.0101. The number of nitrogens with two attached hydrogens (primary N) is 1. The van der Waals surface area contributed by atoms with Crippen LogP contribution in [0.3, 0.4) is 0 Å². The lowest BCUT2D eigenvalue weighted by Gasteiger charge is -2.25. The summed E-state index contributed by atoms with van der Waals surface area (Å²) in [4.78, 5) is 12.3. The lowest BCUT2D eigenvalue weighted by molar-refractivity contribution is -0.00931. The van der Waals surface area contributed by atoms with Crippen molar-refractivity contribution >= 4 is 24.8 Å². The molecule has 2 aliphatic heterocycles. The molecule has 0 radical (unpaired) electrons. The predicted molar refractivity (Wildman–Crippen MR) is 98.2 cm³/mol. The maximum Gasteiger partial charge on any atom is 0.530 e. The molecule has 4 heterocycles. The molecule has 0 fully saturated rings. The summed E-state index contributed by atoms with van der Waals surface area (Å²) in [6.45, 7) is 0.176. The highest BCUT2D eigenvalue weighted by atomic mass is 31.2. The van der Waals surface area contributed by atoms with Crippen LogP contribution in [0.2, 0.25) is 0 Å². The normalized spacial score (nSPS) is 26.3. The first-order valence-electron chi connectivity index (χ1n) is 8.55. The van der Waals surface area contributed by atoms with Gasteiger partial charge in [0, 0.05) is 5.56 Å². The average molecular weight is 401 g/mol. The molecule has 0 aliphatic carbocycles. The monoisotopic (exact) mass is 401 g/mol. The van der Waals surface area contributed by atoms with Gasteiger partial charge in [0.05, 0.1) is 19.5 Å². The second-order valence-electron chi connectivity index (χ2n) is 6.25. The second-order valence-corrected chi connectivity index (χ2v) is 7.84. The van der Waals surface area contributed by atoms with E-state index >= 15 is 0 Å². The number of nitrogens with zero attached hydrogens (tertiary/aromatic N) is 4. The Morgan fingerprint density at radius 1 is 1.25 bits per heavy atom. The zero-order chi connectivity index (χ0) is 19.1. The van der Waals surface area contributed by atoms with Gasteiger partial charge in [0.1, 0.15) is 23.7 Å². The van der Waals surface area contributed by atoms with Gasteiger partial charge >= 0.3 is 7.82 Å². The second kappa shape index (κ2) is 6.68. The molecule has 3 aromatic rings. The number of aromatic nitrogens is 4. The smallest absolute Gasteiger partial charge is 0.404 e. The molecule has 144 valence electrons. The number of phosphoric acid groups is 1. The Morgan fingerprint density at radius 2 is 2.14 bits per heavy atom. The van der Waals surface area contributed by atoms with Crippen LogP contribution < -0.4 is 10.3 Å². The number of nitrogen functional groups attached to an aromatic ring is 1. The van der Waals surface area contributed by atoms with Crippen molar-refractivity contribution in [2.75, 3.05) is 12.3 Å². The highest BCUT2D eigenvalue weighted by Crippen LogP contribution is 2.54. The summed E-state index contributed by atoms with van der Waals surface area (Å²) in [7, 11) is -3.69. The van der Waals surface area contributed by atoms with E-state index in [1.165, 1.54) is 6.33 Å². The SMILES string of the molecule is Nc1ncnc2c1ncn2[C@H]1C=C[C@@H](COP2(=O)OCc3ccccc3O2)O1. The molecule has 11 heteroatoms. The fourth-order valence-corrected chi connectivity index (χ4v) is 4.26. The maximum atomic E-state index is 12.7. The number of benzene rings is 1. The number of imidazole rings is 1. The molecule has 2 aliphatic rings. The minimum Gasteiger partial charge on any atom is -0.404 e. The number of fused-ring (bicyclic) bond motifs is 2. The van der Waals surface area contributed by atoms with Crippen molar-refractivity contribution in [2.24, 2.45) is 0 Å². The van der Waals surface area contributed by atoms with Gasteiger partial charge in [0.2, 0.25) is 0 Å². The van der Waals surface area contributed by atoms with E-state index in [0.29, 0.717) is 22.7 Å². The quantitative estimate of drug-likeness (QED) is 0.519. The summed E-state index contributed by atoms with van der Waals surface area (Å²) in [6.07, 6.45) is 5.72. The van der Waals surface area contributed by atoms with Crippen molar-refractivity contribution < 1.29 is 22.9 Å². The molecular formula is C17H16N5O5P. The van der Waals surface area contributed by atoms with Crippen molar-refractivity contribution in [2.45, 2.75) is 18.9 Å². The summed E-state index contributed by atoms with van der Waals surface area (Å²) in [5.41, 5.74) is 7.70. The third-order valence-corrected chi connectivity index (χ3v) is 5.75. The molecule has 5 rings (SSSR count). The van der Waals surface area contributed by atoms with Crippen LogP contribution in [-0.4, -0.2) is 32.2 Å². The Balaban J connectivity index is 1.25. The van der Waals surface area contributed by atoms with Crippen molar-refractivity contribution in [3.8, 4) is 5.75 Å². The lowest BCUT2D eigenvalue weighted by atomic mass is 10.2. The maximum absolute atomic E-state index is 12.7. The molecule has 1 aromatic carbocycles. The summed E-state index contributed by atoms with van der Waals surface area (Å²) < 4.78 is 36.5. The van der Waals surface area contributed by atoms with Gasteiger partial charge in [0.25, 0.3) is 0 Å². The largest absolute Gasteiger partial charge is 0.530 e. The Labute approximate surface area is 159 Å². The first-order valence-corrected chi connectivity index (χ1v) is 10.0. The molecule has 0 spiro atoms. The lowest BCUT2D eigenvalue weighted by Crippen LogP contribution is -2.19. The molecule has 0 saturated carbocycles. The van der Waals surface area contributed by atoms with Crippen molar-refractivity contribution in [3.05, 3.63) is 54.6 Å². The number of para-hydroxylation sites is 1. The van der Waals surface area contributed by atoms with Crippen LogP contribution in [0.5, 0.6) is 5.75 Å². The first-order chi connectivity index (χ1) is 13.6. The van der Waals surface area contributed by atoms with Crippen molar-refractivity contribution in [3.63, 3.8) is 0 Å². The molecule has 0 amide bonds. The third-order valence-electron chi connectivity index (χ3n) is 4.42. The Morgan fingerprint density at radius 3 is 3.07 bits per heavy atom. The topological polar surface area (TPSA) is 124 Å². The summed E-state index contributed by atoms with van der Waals surface area (Å²) in [5.74, 6) is 0.801. The van der Waals surface area contributed by atoms with Crippen LogP contribution >= 0.6 is 7.82 Å². The van der Waals surface area contributed by atoms with Gasteiger partial charge in [-0.3, -0.25) is 13.6 Å². The third kappa shape index (κ3) is 3.06. The van der Waals surface area contributed by atoms with Gasteiger partial charge in [-0.05, 0) is 12.1 Å². The van der Waals surface area contributed by atoms with Crippen LogP contribution in [0.4, 0.5) is 5.82 Å². The Bertz CT molecular complexity index is 1120. The van der Waals surface area contributed by atoms with Crippen LogP contribution in [0.1, 0.15) is 11.8 Å². The Kier molecular flexibility index (Phi) is 4.13. The van der Waals surface area contributed by atoms with E-state index in [-0.39, 0.29) is 13.2 Å². The summed E-state index contributed by atoms with van der Waals surface area (Å²) >= 11 is 0. The number of ether oxygens (including phenoxy) is 1. The molecule has 0 saturated heterocycles. The molecule has 28 heavy (non-hydrogen) atoms. The number of anilines is 1. The fourth-order valence-electron chi connectivity index (χ4n) is 3.03. The van der Waals surface area contributed by atoms with E-state index in [2.05, 4.69) is 15.0 Å². The molecular weight excluding hydrogens is 385 g/mol. The van der Waals surface area contributed by atoms with Gasteiger partial charge in [-0.2, -0.15) is 0 Å². The molecule has 2 N–H and O–H groups in total.